The standard InChI is InChI=1S/C15H28N2O2/c1-14(2,3)9-12(18)16-11-7-15(4,8-11)10-13(19)17(5)6/h11H,7-10H2,1-6H3,(H,16,18). The van der Waals surface area contributed by atoms with E-state index in [4.69, 9.17) is 0 Å². The van der Waals surface area contributed by atoms with Crippen LogP contribution in [-0.2, 0) is 9.59 Å². The van der Waals surface area contributed by atoms with Gasteiger partial charge in [-0.1, -0.05) is 27.7 Å². The summed E-state index contributed by atoms with van der Waals surface area (Å²) in [7, 11) is 3.57. The van der Waals surface area contributed by atoms with Crippen molar-refractivity contribution < 1.29 is 9.59 Å². The number of hydrogen-bond donors (Lipinski definition) is 1. The molecule has 0 radical (unpaired) electrons. The van der Waals surface area contributed by atoms with Crippen molar-refractivity contribution in [3.63, 3.8) is 0 Å². The highest BCUT2D eigenvalue weighted by Crippen LogP contribution is 2.44. The molecule has 4 nitrogen and oxygen atoms in total. The van der Waals surface area contributed by atoms with Crippen molar-refractivity contribution in [1.29, 1.82) is 0 Å². The van der Waals surface area contributed by atoms with E-state index in [1.165, 1.54) is 0 Å². The van der Waals surface area contributed by atoms with Crippen LogP contribution in [0.25, 0.3) is 0 Å². The molecule has 0 aliphatic heterocycles. The summed E-state index contributed by atoms with van der Waals surface area (Å²) in [6, 6.07) is 0.245. The lowest BCUT2D eigenvalue weighted by molar-refractivity contribution is -0.133. The lowest BCUT2D eigenvalue weighted by Crippen LogP contribution is -2.51. The maximum Gasteiger partial charge on any atom is 0.222 e. The van der Waals surface area contributed by atoms with Crippen LogP contribution < -0.4 is 5.32 Å². The van der Waals surface area contributed by atoms with Gasteiger partial charge in [-0.25, -0.2) is 0 Å². The summed E-state index contributed by atoms with van der Waals surface area (Å²) in [5.74, 6) is 0.292. The molecular weight excluding hydrogens is 240 g/mol. The van der Waals surface area contributed by atoms with Gasteiger partial charge in [0.2, 0.25) is 11.8 Å². The number of nitrogens with one attached hydrogen (secondary N) is 1. The van der Waals surface area contributed by atoms with Crippen LogP contribution in [0.5, 0.6) is 0 Å². The van der Waals surface area contributed by atoms with Crippen molar-refractivity contribution in [3.05, 3.63) is 0 Å². The Balaban J connectivity index is 2.33. The third kappa shape index (κ3) is 5.21. The predicted octanol–water partition coefficient (Wildman–Crippen LogP) is 2.19. The normalized spacial score (nSPS) is 26.5. The number of amides is 2. The van der Waals surface area contributed by atoms with Gasteiger partial charge in [0.25, 0.3) is 0 Å². The van der Waals surface area contributed by atoms with Crippen molar-refractivity contribution in [2.45, 2.75) is 59.4 Å². The lowest BCUT2D eigenvalue weighted by Gasteiger charge is -2.45. The molecule has 0 atom stereocenters. The molecule has 0 saturated heterocycles. The fourth-order valence-corrected chi connectivity index (χ4v) is 2.66. The highest BCUT2D eigenvalue weighted by molar-refractivity contribution is 5.78. The fourth-order valence-electron chi connectivity index (χ4n) is 2.66. The Morgan fingerprint density at radius 1 is 1.26 bits per heavy atom. The van der Waals surface area contributed by atoms with E-state index in [-0.39, 0.29) is 28.7 Å². The van der Waals surface area contributed by atoms with Gasteiger partial charge in [-0.2, -0.15) is 0 Å². The average molecular weight is 268 g/mol. The first-order valence-electron chi connectivity index (χ1n) is 7.00. The number of carbonyl (C=O) groups is 2. The van der Waals surface area contributed by atoms with E-state index >= 15 is 0 Å². The van der Waals surface area contributed by atoms with Gasteiger partial charge in [-0.05, 0) is 23.7 Å². The van der Waals surface area contributed by atoms with E-state index < -0.39 is 0 Å². The first kappa shape index (κ1) is 16.0. The zero-order chi connectivity index (χ0) is 14.8. The summed E-state index contributed by atoms with van der Waals surface area (Å²) in [4.78, 5) is 25.2. The molecule has 2 amide bonds. The largest absolute Gasteiger partial charge is 0.353 e. The van der Waals surface area contributed by atoms with Crippen molar-refractivity contribution in [1.82, 2.24) is 10.2 Å². The quantitative estimate of drug-likeness (QED) is 0.849. The zero-order valence-electron chi connectivity index (χ0n) is 13.2. The molecule has 0 spiro atoms. The van der Waals surface area contributed by atoms with Crippen LogP contribution in [0.3, 0.4) is 0 Å². The Morgan fingerprint density at radius 3 is 2.21 bits per heavy atom. The van der Waals surface area contributed by atoms with E-state index in [2.05, 4.69) is 33.0 Å². The Labute approximate surface area is 116 Å². The lowest BCUT2D eigenvalue weighted by atomic mass is 9.64. The summed E-state index contributed by atoms with van der Waals surface area (Å²) in [5, 5.41) is 3.07. The third-order valence-corrected chi connectivity index (χ3v) is 3.61. The van der Waals surface area contributed by atoms with Crippen molar-refractivity contribution in [2.24, 2.45) is 10.8 Å². The number of rotatable bonds is 4. The van der Waals surface area contributed by atoms with Crippen LogP contribution in [-0.4, -0.2) is 36.9 Å². The molecule has 0 aromatic rings. The summed E-state index contributed by atoms with van der Waals surface area (Å²) in [6.45, 7) is 8.31. The highest BCUT2D eigenvalue weighted by Gasteiger charge is 2.42. The van der Waals surface area contributed by atoms with E-state index in [9.17, 15) is 9.59 Å². The maximum atomic E-state index is 11.8. The summed E-state index contributed by atoms with van der Waals surface area (Å²) < 4.78 is 0. The third-order valence-electron chi connectivity index (χ3n) is 3.61. The van der Waals surface area contributed by atoms with Gasteiger partial charge in [-0.3, -0.25) is 9.59 Å². The molecule has 1 saturated carbocycles. The molecule has 1 fully saturated rings. The SMILES string of the molecule is CN(C)C(=O)CC1(C)CC(NC(=O)CC(C)(C)C)C1. The second-order valence-corrected chi connectivity index (χ2v) is 7.69. The van der Waals surface area contributed by atoms with Gasteiger partial charge in [0.15, 0.2) is 0 Å². The Hall–Kier alpha value is -1.06. The Kier molecular flexibility index (Phi) is 4.64. The van der Waals surface area contributed by atoms with Crippen molar-refractivity contribution in [3.8, 4) is 0 Å². The minimum atomic E-state index is 0.0258. The van der Waals surface area contributed by atoms with Crippen LogP contribution in [0.15, 0.2) is 0 Å². The molecule has 1 aliphatic rings. The second-order valence-electron chi connectivity index (χ2n) is 7.69. The van der Waals surface area contributed by atoms with Gasteiger partial charge in [-0.15, -0.1) is 0 Å². The number of nitrogens with zero attached hydrogens (tertiary/aromatic N) is 1. The highest BCUT2D eigenvalue weighted by atomic mass is 16.2. The molecule has 0 unspecified atom stereocenters. The van der Waals surface area contributed by atoms with E-state index in [0.717, 1.165) is 12.8 Å². The van der Waals surface area contributed by atoms with Gasteiger partial charge in [0.1, 0.15) is 0 Å². The molecule has 1 N–H and O–H groups in total. The first-order chi connectivity index (χ1) is 8.51. The van der Waals surface area contributed by atoms with Crippen LogP contribution in [0.4, 0.5) is 0 Å². The predicted molar refractivity (Wildman–Crippen MR) is 76.7 cm³/mol. The van der Waals surface area contributed by atoms with Gasteiger partial charge >= 0.3 is 0 Å². The Bertz CT molecular complexity index is 350. The van der Waals surface area contributed by atoms with Crippen LogP contribution in [0, 0.1) is 10.8 Å². The zero-order valence-corrected chi connectivity index (χ0v) is 13.2. The van der Waals surface area contributed by atoms with Gasteiger partial charge in [0.05, 0.1) is 0 Å². The topological polar surface area (TPSA) is 49.4 Å². The minimum absolute atomic E-state index is 0.0258. The summed E-state index contributed by atoms with van der Waals surface area (Å²) >= 11 is 0. The van der Waals surface area contributed by atoms with Crippen LogP contribution >= 0.6 is 0 Å². The van der Waals surface area contributed by atoms with E-state index in [1.807, 2.05) is 0 Å². The first-order valence-corrected chi connectivity index (χ1v) is 7.00. The van der Waals surface area contributed by atoms with Crippen molar-refractivity contribution in [2.75, 3.05) is 14.1 Å². The molecule has 110 valence electrons. The van der Waals surface area contributed by atoms with Gasteiger partial charge in [0, 0.05) is 33.0 Å². The smallest absolute Gasteiger partial charge is 0.222 e. The molecule has 0 heterocycles. The summed E-state index contributed by atoms with van der Waals surface area (Å²) in [6.07, 6.45) is 2.94. The molecular formula is C15H28N2O2. The molecule has 0 aromatic heterocycles. The average Bonchev–Trinajstić information content (AvgIpc) is 2.11. The van der Waals surface area contributed by atoms with E-state index in [0.29, 0.717) is 12.8 Å². The van der Waals surface area contributed by atoms with Crippen LogP contribution in [0.1, 0.15) is 53.4 Å². The molecule has 0 bridgehead atoms. The van der Waals surface area contributed by atoms with Gasteiger partial charge < -0.3 is 10.2 Å². The molecule has 1 rings (SSSR count). The molecule has 19 heavy (non-hydrogen) atoms. The molecule has 0 aromatic carbocycles. The maximum absolute atomic E-state index is 11.8. The second kappa shape index (κ2) is 5.51. The molecule has 1 aliphatic carbocycles. The van der Waals surface area contributed by atoms with Crippen molar-refractivity contribution >= 4 is 11.8 Å². The Morgan fingerprint density at radius 2 is 1.79 bits per heavy atom. The fraction of sp³-hybridized carbons (Fsp3) is 0.867. The van der Waals surface area contributed by atoms with Crippen LogP contribution in [0.2, 0.25) is 0 Å². The minimum Gasteiger partial charge on any atom is -0.353 e. The number of carbonyl (C=O) groups excluding carboxylic acids is 2. The summed E-state index contributed by atoms with van der Waals surface area (Å²) in [5.41, 5.74) is 0.0824. The molecule has 4 heteroatoms. The number of hydrogen-bond acceptors (Lipinski definition) is 2. The monoisotopic (exact) mass is 268 g/mol. The van der Waals surface area contributed by atoms with E-state index in [1.54, 1.807) is 19.0 Å².